The minimum Gasteiger partial charge on any atom is -0.310 e. The standard InChI is InChI=1S/C14H17BrN2O2/c15-12-4-10(5-13(7-12)17(18)19)8-16-14-6-9-1-2-11(14)3-9/h4-5,7,9,11,14,16H,1-3,6,8H2. The Morgan fingerprint density at radius 1 is 1.32 bits per heavy atom. The molecule has 1 aromatic carbocycles. The van der Waals surface area contributed by atoms with Gasteiger partial charge >= 0.3 is 0 Å². The maximum absolute atomic E-state index is 10.8. The fourth-order valence-corrected chi connectivity index (χ4v) is 4.11. The SMILES string of the molecule is O=[N+]([O-])c1cc(Br)cc(CNC2CC3CCC2C3)c1. The molecule has 0 heterocycles. The van der Waals surface area contributed by atoms with E-state index >= 15 is 0 Å². The normalized spacial score (nSPS) is 28.8. The van der Waals surface area contributed by atoms with Crippen LogP contribution in [-0.2, 0) is 6.54 Å². The molecule has 3 unspecified atom stereocenters. The Balaban J connectivity index is 1.65. The Morgan fingerprint density at radius 2 is 2.16 bits per heavy atom. The van der Waals surface area contributed by atoms with Gasteiger partial charge in [-0.2, -0.15) is 0 Å². The van der Waals surface area contributed by atoms with Crippen molar-refractivity contribution < 1.29 is 4.92 Å². The quantitative estimate of drug-likeness (QED) is 0.679. The maximum Gasteiger partial charge on any atom is 0.270 e. The van der Waals surface area contributed by atoms with Crippen LogP contribution in [0.2, 0.25) is 0 Å². The van der Waals surface area contributed by atoms with Crippen LogP contribution in [0.1, 0.15) is 31.2 Å². The summed E-state index contributed by atoms with van der Waals surface area (Å²) in [5.41, 5.74) is 1.13. The molecule has 1 aromatic rings. The van der Waals surface area contributed by atoms with Crippen LogP contribution in [0.15, 0.2) is 22.7 Å². The minimum absolute atomic E-state index is 0.152. The highest BCUT2D eigenvalue weighted by molar-refractivity contribution is 9.10. The number of rotatable bonds is 4. The second-order valence-corrected chi connectivity index (χ2v) is 6.65. The van der Waals surface area contributed by atoms with E-state index in [1.165, 1.54) is 25.7 Å². The first kappa shape index (κ1) is 13.1. The third-order valence-corrected chi connectivity index (χ3v) is 4.92. The largest absolute Gasteiger partial charge is 0.310 e. The van der Waals surface area contributed by atoms with Crippen molar-refractivity contribution in [2.45, 2.75) is 38.3 Å². The zero-order valence-electron chi connectivity index (χ0n) is 10.6. The maximum atomic E-state index is 10.8. The molecule has 0 amide bonds. The van der Waals surface area contributed by atoms with E-state index < -0.39 is 0 Å². The number of nitrogens with zero attached hydrogens (tertiary/aromatic N) is 1. The van der Waals surface area contributed by atoms with E-state index in [4.69, 9.17) is 0 Å². The predicted octanol–water partition coefficient (Wildman–Crippen LogP) is 3.64. The zero-order valence-corrected chi connectivity index (χ0v) is 12.2. The van der Waals surface area contributed by atoms with Crippen LogP contribution in [0.5, 0.6) is 0 Å². The number of non-ortho nitro benzene ring substituents is 1. The summed E-state index contributed by atoms with van der Waals surface area (Å²) in [6.45, 7) is 0.716. The summed E-state index contributed by atoms with van der Waals surface area (Å²) in [7, 11) is 0. The number of hydrogen-bond acceptors (Lipinski definition) is 3. The Labute approximate surface area is 120 Å². The summed E-state index contributed by atoms with van der Waals surface area (Å²) in [4.78, 5) is 10.5. The molecule has 2 aliphatic rings. The van der Waals surface area contributed by atoms with Gasteiger partial charge < -0.3 is 5.32 Å². The van der Waals surface area contributed by atoms with Gasteiger partial charge in [0.25, 0.3) is 5.69 Å². The average Bonchev–Trinajstić information content (AvgIpc) is 2.97. The summed E-state index contributed by atoms with van der Waals surface area (Å²) < 4.78 is 0.770. The van der Waals surface area contributed by atoms with Crippen molar-refractivity contribution in [1.29, 1.82) is 0 Å². The van der Waals surface area contributed by atoms with E-state index in [1.54, 1.807) is 12.1 Å². The first-order valence-electron chi connectivity index (χ1n) is 6.79. The van der Waals surface area contributed by atoms with Crippen LogP contribution in [0.25, 0.3) is 0 Å². The average molecular weight is 325 g/mol. The smallest absolute Gasteiger partial charge is 0.270 e. The fraction of sp³-hybridized carbons (Fsp3) is 0.571. The van der Waals surface area contributed by atoms with Gasteiger partial charge in [0.05, 0.1) is 4.92 Å². The van der Waals surface area contributed by atoms with Crippen LogP contribution in [0.3, 0.4) is 0 Å². The number of benzene rings is 1. The van der Waals surface area contributed by atoms with E-state index in [9.17, 15) is 10.1 Å². The molecule has 3 atom stereocenters. The first-order valence-corrected chi connectivity index (χ1v) is 7.58. The van der Waals surface area contributed by atoms with Crippen molar-refractivity contribution in [2.75, 3.05) is 0 Å². The van der Waals surface area contributed by atoms with Gasteiger partial charge in [-0.25, -0.2) is 0 Å². The molecule has 1 N–H and O–H groups in total. The van der Waals surface area contributed by atoms with Crippen molar-refractivity contribution in [3.8, 4) is 0 Å². The van der Waals surface area contributed by atoms with E-state index in [2.05, 4.69) is 21.2 Å². The number of nitro groups is 1. The molecule has 0 aliphatic heterocycles. The lowest BCUT2D eigenvalue weighted by Gasteiger charge is -2.23. The predicted molar refractivity (Wildman–Crippen MR) is 76.9 cm³/mol. The van der Waals surface area contributed by atoms with Gasteiger partial charge in [-0.3, -0.25) is 10.1 Å². The summed E-state index contributed by atoms with van der Waals surface area (Å²) in [5, 5.41) is 14.4. The van der Waals surface area contributed by atoms with E-state index in [0.717, 1.165) is 21.9 Å². The molecule has 3 rings (SSSR count). The monoisotopic (exact) mass is 324 g/mol. The lowest BCUT2D eigenvalue weighted by molar-refractivity contribution is -0.385. The van der Waals surface area contributed by atoms with Gasteiger partial charge in [0, 0.05) is 29.2 Å². The second-order valence-electron chi connectivity index (χ2n) is 5.74. The molecule has 0 aromatic heterocycles. The number of nitro benzene ring substituents is 1. The van der Waals surface area contributed by atoms with Gasteiger partial charge in [-0.05, 0) is 42.7 Å². The zero-order chi connectivity index (χ0) is 13.4. The van der Waals surface area contributed by atoms with Crippen LogP contribution in [0, 0.1) is 22.0 Å². The van der Waals surface area contributed by atoms with E-state index in [1.807, 2.05) is 6.07 Å². The summed E-state index contributed by atoms with van der Waals surface area (Å²) in [6, 6.07) is 5.76. The number of nitrogens with one attached hydrogen (secondary N) is 1. The van der Waals surface area contributed by atoms with Gasteiger partial charge in [0.15, 0.2) is 0 Å². The summed E-state index contributed by atoms with van der Waals surface area (Å²) in [6.07, 6.45) is 5.39. The first-order chi connectivity index (χ1) is 9.11. The van der Waals surface area contributed by atoms with Crippen molar-refractivity contribution in [2.24, 2.45) is 11.8 Å². The molecule has 5 heteroatoms. The van der Waals surface area contributed by atoms with Gasteiger partial charge in [-0.1, -0.05) is 22.4 Å². The van der Waals surface area contributed by atoms with Gasteiger partial charge in [-0.15, -0.1) is 0 Å². The Hall–Kier alpha value is -0.940. The molecule has 19 heavy (non-hydrogen) atoms. The Morgan fingerprint density at radius 3 is 2.79 bits per heavy atom. The molecule has 2 aliphatic carbocycles. The van der Waals surface area contributed by atoms with Crippen molar-refractivity contribution in [3.05, 3.63) is 38.3 Å². The number of hydrogen-bond donors (Lipinski definition) is 1. The summed E-state index contributed by atoms with van der Waals surface area (Å²) >= 11 is 3.34. The Kier molecular flexibility index (Phi) is 3.58. The molecule has 0 spiro atoms. The van der Waals surface area contributed by atoms with Crippen molar-refractivity contribution in [3.63, 3.8) is 0 Å². The topological polar surface area (TPSA) is 55.2 Å². The lowest BCUT2D eigenvalue weighted by Crippen LogP contribution is -2.33. The van der Waals surface area contributed by atoms with Gasteiger partial charge in [0.2, 0.25) is 0 Å². The van der Waals surface area contributed by atoms with Crippen LogP contribution >= 0.6 is 15.9 Å². The van der Waals surface area contributed by atoms with E-state index in [-0.39, 0.29) is 10.6 Å². The van der Waals surface area contributed by atoms with Crippen molar-refractivity contribution >= 4 is 21.6 Å². The van der Waals surface area contributed by atoms with Gasteiger partial charge in [0.1, 0.15) is 0 Å². The molecule has 2 saturated carbocycles. The third-order valence-electron chi connectivity index (χ3n) is 4.46. The fourth-order valence-electron chi connectivity index (χ4n) is 3.58. The molecular weight excluding hydrogens is 308 g/mol. The van der Waals surface area contributed by atoms with Crippen molar-refractivity contribution in [1.82, 2.24) is 5.32 Å². The lowest BCUT2D eigenvalue weighted by atomic mass is 9.95. The molecule has 102 valence electrons. The molecule has 0 saturated heterocycles. The number of halogens is 1. The minimum atomic E-state index is -0.341. The highest BCUT2D eigenvalue weighted by Gasteiger charge is 2.38. The molecule has 2 fully saturated rings. The van der Waals surface area contributed by atoms with E-state index in [0.29, 0.717) is 12.6 Å². The third kappa shape index (κ3) is 2.82. The molecule has 2 bridgehead atoms. The van der Waals surface area contributed by atoms with Crippen LogP contribution < -0.4 is 5.32 Å². The Bertz CT molecular complexity index is 506. The molecule has 0 radical (unpaired) electrons. The van der Waals surface area contributed by atoms with Crippen LogP contribution in [0.4, 0.5) is 5.69 Å². The number of fused-ring (bicyclic) bond motifs is 2. The highest BCUT2D eigenvalue weighted by atomic mass is 79.9. The molecular formula is C14H17BrN2O2. The second kappa shape index (κ2) is 5.21. The summed E-state index contributed by atoms with van der Waals surface area (Å²) in [5.74, 6) is 1.74. The highest BCUT2D eigenvalue weighted by Crippen LogP contribution is 2.44. The van der Waals surface area contributed by atoms with Crippen LogP contribution in [-0.4, -0.2) is 11.0 Å². The molecule has 4 nitrogen and oxygen atoms in total.